The van der Waals surface area contributed by atoms with E-state index in [2.05, 4.69) is 41.3 Å². The second-order valence-corrected chi connectivity index (χ2v) is 8.33. The highest BCUT2D eigenvalue weighted by Gasteiger charge is 2.24. The molecule has 4 rings (SSSR count). The number of carbonyl (C=O) groups is 1. The zero-order valence-electron chi connectivity index (χ0n) is 16.0. The maximum Gasteiger partial charge on any atom is 0.264 e. The molecule has 1 fully saturated rings. The van der Waals surface area contributed by atoms with Crippen LogP contribution in [0, 0.1) is 11.3 Å². The number of morpholine rings is 1. The predicted molar refractivity (Wildman–Crippen MR) is 111 cm³/mol. The molecule has 146 valence electrons. The summed E-state index contributed by atoms with van der Waals surface area (Å²) in [4.78, 5) is 19.4. The van der Waals surface area contributed by atoms with Gasteiger partial charge in [-0.25, -0.2) is 0 Å². The molecule has 1 aliphatic carbocycles. The van der Waals surface area contributed by atoms with Crippen LogP contribution in [0.2, 0.25) is 0 Å². The van der Waals surface area contributed by atoms with E-state index in [1.807, 2.05) is 4.90 Å². The molecule has 1 aromatic heterocycles. The van der Waals surface area contributed by atoms with Crippen molar-refractivity contribution in [1.29, 1.82) is 5.26 Å². The summed E-state index contributed by atoms with van der Waals surface area (Å²) in [6, 6.07) is 12.7. The van der Waals surface area contributed by atoms with E-state index in [0.717, 1.165) is 50.6 Å². The summed E-state index contributed by atoms with van der Waals surface area (Å²) < 4.78 is 5.40. The molecule has 0 saturated carbocycles. The number of benzene rings is 1. The molecule has 1 saturated heterocycles. The number of thiophene rings is 1. The molecule has 1 aromatic carbocycles. The first-order valence-corrected chi connectivity index (χ1v) is 10.7. The Hall–Kier alpha value is -2.20. The Morgan fingerprint density at radius 2 is 1.96 bits per heavy atom. The summed E-state index contributed by atoms with van der Waals surface area (Å²) >= 11 is 1.60. The lowest BCUT2D eigenvalue weighted by Crippen LogP contribution is -2.43. The van der Waals surface area contributed by atoms with Crippen LogP contribution in [-0.4, -0.2) is 61.6 Å². The number of hydrogen-bond donors (Lipinski definition) is 0. The van der Waals surface area contributed by atoms with E-state index in [4.69, 9.17) is 10.00 Å². The van der Waals surface area contributed by atoms with Gasteiger partial charge in [-0.2, -0.15) is 5.26 Å². The quantitative estimate of drug-likeness (QED) is 0.754. The molecule has 0 unspecified atom stereocenters. The molecule has 28 heavy (non-hydrogen) atoms. The van der Waals surface area contributed by atoms with Crippen LogP contribution in [0.5, 0.6) is 0 Å². The smallest absolute Gasteiger partial charge is 0.264 e. The number of aryl methyl sites for hydroxylation is 2. The average Bonchev–Trinajstić information content (AvgIpc) is 3.19. The third kappa shape index (κ3) is 4.12. The van der Waals surface area contributed by atoms with Crippen molar-refractivity contribution in [1.82, 2.24) is 9.80 Å². The van der Waals surface area contributed by atoms with E-state index in [-0.39, 0.29) is 5.91 Å². The number of hydrogen-bond acceptors (Lipinski definition) is 5. The Labute approximate surface area is 170 Å². The van der Waals surface area contributed by atoms with Crippen LogP contribution in [0.15, 0.2) is 30.3 Å². The van der Waals surface area contributed by atoms with Gasteiger partial charge in [-0.05, 0) is 35.6 Å². The van der Waals surface area contributed by atoms with Crippen LogP contribution in [0.1, 0.15) is 27.2 Å². The van der Waals surface area contributed by atoms with E-state index >= 15 is 0 Å². The molecule has 1 amide bonds. The summed E-state index contributed by atoms with van der Waals surface area (Å²) in [6.07, 6.45) is 2.38. The molecule has 0 N–H and O–H groups in total. The van der Waals surface area contributed by atoms with Crippen molar-refractivity contribution in [3.05, 3.63) is 46.3 Å². The molecule has 0 bridgehead atoms. The van der Waals surface area contributed by atoms with Crippen LogP contribution in [0.3, 0.4) is 0 Å². The second-order valence-electron chi connectivity index (χ2n) is 7.28. The van der Waals surface area contributed by atoms with Gasteiger partial charge in [0.25, 0.3) is 5.91 Å². The zero-order chi connectivity index (χ0) is 19.3. The molecular weight excluding hydrogens is 370 g/mol. The van der Waals surface area contributed by atoms with Gasteiger partial charge in [0.2, 0.25) is 0 Å². The average molecular weight is 396 g/mol. The summed E-state index contributed by atoms with van der Waals surface area (Å²) in [5.41, 5.74) is 3.91. The molecule has 2 aromatic rings. The summed E-state index contributed by atoms with van der Waals surface area (Å²) in [6.45, 7) is 5.29. The van der Waals surface area contributed by atoms with Crippen molar-refractivity contribution < 1.29 is 9.53 Å². The van der Waals surface area contributed by atoms with Gasteiger partial charge in [0, 0.05) is 37.6 Å². The number of nitrogens with zero attached hydrogens (tertiary/aromatic N) is 3. The Kier molecular flexibility index (Phi) is 6.06. The molecule has 0 spiro atoms. The first-order valence-electron chi connectivity index (χ1n) is 9.93. The van der Waals surface area contributed by atoms with E-state index in [9.17, 15) is 4.79 Å². The van der Waals surface area contributed by atoms with Gasteiger partial charge in [0.05, 0.1) is 30.6 Å². The molecule has 6 heteroatoms. The van der Waals surface area contributed by atoms with Gasteiger partial charge in [-0.1, -0.05) is 24.3 Å². The maximum absolute atomic E-state index is 13.2. The predicted octanol–water partition coefficient (Wildman–Crippen LogP) is 3.20. The maximum atomic E-state index is 13.2. The van der Waals surface area contributed by atoms with E-state index in [0.29, 0.717) is 19.5 Å². The van der Waals surface area contributed by atoms with E-state index < -0.39 is 0 Å². The molecule has 0 atom stereocenters. The number of amides is 1. The third-order valence-electron chi connectivity index (χ3n) is 5.52. The van der Waals surface area contributed by atoms with E-state index in [1.54, 1.807) is 11.3 Å². The standard InChI is InChI=1S/C22H25N3O2S/c23-8-3-9-25(11-10-24-12-14-27-15-13-24)22(26)20-16-18-7-6-17-4-1-2-5-19(17)21(18)28-20/h1-2,4-5,16H,3,6-7,9-15H2. The number of nitriles is 1. The van der Waals surface area contributed by atoms with Gasteiger partial charge < -0.3 is 9.64 Å². The minimum Gasteiger partial charge on any atom is -0.379 e. The number of ether oxygens (including phenoxy) is 1. The first-order chi connectivity index (χ1) is 13.8. The Morgan fingerprint density at radius 3 is 2.79 bits per heavy atom. The minimum atomic E-state index is 0.0559. The Morgan fingerprint density at radius 1 is 1.18 bits per heavy atom. The third-order valence-corrected chi connectivity index (χ3v) is 6.71. The fourth-order valence-electron chi connectivity index (χ4n) is 3.92. The van der Waals surface area contributed by atoms with Crippen molar-refractivity contribution >= 4 is 17.2 Å². The largest absolute Gasteiger partial charge is 0.379 e. The van der Waals surface area contributed by atoms with Crippen molar-refractivity contribution in [2.24, 2.45) is 0 Å². The number of fused-ring (bicyclic) bond motifs is 3. The first kappa shape index (κ1) is 19.1. The van der Waals surface area contributed by atoms with Gasteiger partial charge in [-0.3, -0.25) is 9.69 Å². The SMILES string of the molecule is N#CCCN(CCN1CCOCC1)C(=O)c1cc2c(s1)-c1ccccc1CC2. The summed E-state index contributed by atoms with van der Waals surface area (Å²) in [5.74, 6) is 0.0559. The molecule has 0 radical (unpaired) electrons. The molecule has 1 aliphatic heterocycles. The lowest BCUT2D eigenvalue weighted by molar-refractivity contribution is 0.0327. The highest BCUT2D eigenvalue weighted by Crippen LogP contribution is 2.39. The van der Waals surface area contributed by atoms with Gasteiger partial charge >= 0.3 is 0 Å². The lowest BCUT2D eigenvalue weighted by Gasteiger charge is -2.29. The van der Waals surface area contributed by atoms with Crippen molar-refractivity contribution in [2.45, 2.75) is 19.3 Å². The van der Waals surface area contributed by atoms with Gasteiger partial charge in [0.1, 0.15) is 0 Å². The topological polar surface area (TPSA) is 56.6 Å². The van der Waals surface area contributed by atoms with E-state index in [1.165, 1.54) is 21.6 Å². The zero-order valence-corrected chi connectivity index (χ0v) is 16.8. The van der Waals surface area contributed by atoms with Crippen molar-refractivity contribution in [3.8, 4) is 16.5 Å². The van der Waals surface area contributed by atoms with Crippen LogP contribution in [-0.2, 0) is 17.6 Å². The Balaban J connectivity index is 1.51. The highest BCUT2D eigenvalue weighted by atomic mass is 32.1. The second kappa shape index (κ2) is 8.87. The highest BCUT2D eigenvalue weighted by molar-refractivity contribution is 7.17. The molecule has 2 aliphatic rings. The normalized spacial score (nSPS) is 16.1. The van der Waals surface area contributed by atoms with Gasteiger partial charge in [-0.15, -0.1) is 11.3 Å². The van der Waals surface area contributed by atoms with Crippen LogP contribution in [0.4, 0.5) is 0 Å². The van der Waals surface area contributed by atoms with Crippen LogP contribution < -0.4 is 0 Å². The van der Waals surface area contributed by atoms with Crippen molar-refractivity contribution in [3.63, 3.8) is 0 Å². The minimum absolute atomic E-state index is 0.0559. The Bertz CT molecular complexity index is 880. The molecule has 2 heterocycles. The summed E-state index contributed by atoms with van der Waals surface area (Å²) in [7, 11) is 0. The molecular formula is C22H25N3O2S. The number of carbonyl (C=O) groups excluding carboxylic acids is 1. The lowest BCUT2D eigenvalue weighted by atomic mass is 9.91. The summed E-state index contributed by atoms with van der Waals surface area (Å²) in [5, 5.41) is 9.01. The molecule has 5 nitrogen and oxygen atoms in total. The fraction of sp³-hybridized carbons (Fsp3) is 0.455. The number of rotatable bonds is 6. The van der Waals surface area contributed by atoms with Crippen LogP contribution >= 0.6 is 11.3 Å². The van der Waals surface area contributed by atoms with Crippen LogP contribution in [0.25, 0.3) is 10.4 Å². The fourth-order valence-corrected chi connectivity index (χ4v) is 5.16. The monoisotopic (exact) mass is 395 g/mol. The van der Waals surface area contributed by atoms with Crippen molar-refractivity contribution in [2.75, 3.05) is 45.9 Å². The van der Waals surface area contributed by atoms with Gasteiger partial charge in [0.15, 0.2) is 0 Å².